The fraction of sp³-hybridized carbons (Fsp3) is 0.943. The van der Waals surface area contributed by atoms with Crippen molar-refractivity contribution in [3.8, 4) is 0 Å². The van der Waals surface area contributed by atoms with Crippen LogP contribution in [0.2, 0.25) is 0 Å². The van der Waals surface area contributed by atoms with E-state index in [0.717, 1.165) is 96.3 Å². The number of esters is 4. The van der Waals surface area contributed by atoms with Crippen LogP contribution in [0.5, 0.6) is 0 Å². The molecule has 0 heterocycles. The van der Waals surface area contributed by atoms with Crippen LogP contribution in [-0.2, 0) is 65.4 Å². The van der Waals surface area contributed by atoms with E-state index in [1.54, 1.807) is 0 Å². The summed E-state index contributed by atoms with van der Waals surface area (Å²) in [5, 5.41) is 10.6. The molecular formula is C70H136O17P2. The number of ether oxygens (including phenoxy) is 4. The Morgan fingerprint density at radius 3 is 0.764 bits per heavy atom. The van der Waals surface area contributed by atoms with Gasteiger partial charge in [0.15, 0.2) is 12.2 Å². The van der Waals surface area contributed by atoms with Gasteiger partial charge in [-0.1, -0.05) is 311 Å². The fourth-order valence-corrected chi connectivity index (χ4v) is 12.2. The first kappa shape index (κ1) is 87.1. The molecule has 89 heavy (non-hydrogen) atoms. The largest absolute Gasteiger partial charge is 0.472 e. The van der Waals surface area contributed by atoms with Gasteiger partial charge in [0, 0.05) is 25.7 Å². The van der Waals surface area contributed by atoms with Crippen molar-refractivity contribution in [1.29, 1.82) is 0 Å². The topological polar surface area (TPSA) is 237 Å². The number of carbonyl (C=O) groups is 4. The van der Waals surface area contributed by atoms with E-state index in [0.29, 0.717) is 31.6 Å². The first-order valence-corrected chi connectivity index (χ1v) is 39.6. The lowest BCUT2D eigenvalue weighted by atomic mass is 10.0. The molecule has 0 saturated carbocycles. The van der Waals surface area contributed by atoms with Crippen molar-refractivity contribution in [3.05, 3.63) is 0 Å². The number of unbranched alkanes of at least 4 members (excludes halogenated alkanes) is 42. The fourth-order valence-electron chi connectivity index (χ4n) is 10.6. The summed E-state index contributed by atoms with van der Waals surface area (Å²) in [5.41, 5.74) is 0. The third kappa shape index (κ3) is 64.6. The molecule has 0 amide bonds. The van der Waals surface area contributed by atoms with Gasteiger partial charge in [0.05, 0.1) is 26.4 Å². The number of phosphoric acid groups is 2. The average molecular weight is 1310 g/mol. The van der Waals surface area contributed by atoms with E-state index in [2.05, 4.69) is 34.6 Å². The normalized spacial score (nSPS) is 14.1. The molecule has 0 aromatic heterocycles. The molecule has 528 valence electrons. The minimum absolute atomic E-state index is 0.106. The standard InChI is InChI=1S/C70H136O17P2/c1-6-9-12-15-18-21-24-26-27-28-29-30-31-33-36-39-46-51-56-70(75)86-65(59-80-67(72)53-48-43-37-35-32-25-22-19-16-13-10-7-2)61-84-88(76,77)82-57-64(71)58-83-89(78,79)85-62-66(60-81-68(73)54-49-44-41-40-42-47-52-63(4)5)87-69(74)55-50-45-38-34-23-20-17-14-11-8-3/h63-66,71H,6-62H2,1-5H3,(H,76,77)(H,78,79)/t64-,65-,66-/m1/s1. The van der Waals surface area contributed by atoms with Gasteiger partial charge in [-0.2, -0.15) is 0 Å². The van der Waals surface area contributed by atoms with E-state index in [4.69, 9.17) is 37.0 Å². The molecule has 0 aliphatic carbocycles. The van der Waals surface area contributed by atoms with Crippen molar-refractivity contribution in [3.63, 3.8) is 0 Å². The van der Waals surface area contributed by atoms with Gasteiger partial charge in [0.1, 0.15) is 19.3 Å². The average Bonchev–Trinajstić information content (AvgIpc) is 3.60. The third-order valence-corrected chi connectivity index (χ3v) is 18.2. The Bertz CT molecular complexity index is 1720. The number of hydrogen-bond donors (Lipinski definition) is 3. The molecule has 0 rings (SSSR count). The molecule has 0 spiro atoms. The van der Waals surface area contributed by atoms with Gasteiger partial charge in [-0.25, -0.2) is 9.13 Å². The van der Waals surface area contributed by atoms with Crippen LogP contribution in [0.4, 0.5) is 0 Å². The van der Waals surface area contributed by atoms with E-state index in [1.165, 1.54) is 180 Å². The molecule has 0 aromatic carbocycles. The Morgan fingerprint density at radius 2 is 0.517 bits per heavy atom. The molecule has 17 nitrogen and oxygen atoms in total. The van der Waals surface area contributed by atoms with Crippen molar-refractivity contribution in [2.75, 3.05) is 39.6 Å². The molecule has 19 heteroatoms. The van der Waals surface area contributed by atoms with Crippen LogP contribution in [0.1, 0.15) is 362 Å². The molecule has 3 N–H and O–H groups in total. The summed E-state index contributed by atoms with van der Waals surface area (Å²) >= 11 is 0. The summed E-state index contributed by atoms with van der Waals surface area (Å²) in [4.78, 5) is 72.4. The van der Waals surface area contributed by atoms with Gasteiger partial charge in [-0.05, 0) is 31.6 Å². The van der Waals surface area contributed by atoms with E-state index < -0.39 is 97.5 Å². The van der Waals surface area contributed by atoms with Crippen LogP contribution in [-0.4, -0.2) is 96.7 Å². The summed E-state index contributed by atoms with van der Waals surface area (Å²) in [6.07, 6.45) is 50.1. The van der Waals surface area contributed by atoms with Gasteiger partial charge in [0.2, 0.25) is 0 Å². The van der Waals surface area contributed by atoms with Gasteiger partial charge in [-0.3, -0.25) is 37.3 Å². The first-order chi connectivity index (χ1) is 43.0. The second kappa shape index (κ2) is 63.5. The molecule has 2 unspecified atom stereocenters. The lowest BCUT2D eigenvalue weighted by Crippen LogP contribution is -2.30. The number of phosphoric ester groups is 2. The summed E-state index contributed by atoms with van der Waals surface area (Å²) < 4.78 is 68.2. The summed E-state index contributed by atoms with van der Waals surface area (Å²) in [6, 6.07) is 0. The molecule has 0 aliphatic heterocycles. The Kier molecular flexibility index (Phi) is 62.1. The number of rotatable bonds is 70. The van der Waals surface area contributed by atoms with E-state index in [9.17, 15) is 43.2 Å². The molecule has 0 saturated heterocycles. The van der Waals surface area contributed by atoms with Crippen LogP contribution in [0, 0.1) is 5.92 Å². The minimum atomic E-state index is -4.95. The second-order valence-corrected chi connectivity index (χ2v) is 28.7. The van der Waals surface area contributed by atoms with Crippen LogP contribution in [0.25, 0.3) is 0 Å². The predicted octanol–water partition coefficient (Wildman–Crippen LogP) is 20.1. The van der Waals surface area contributed by atoms with Crippen LogP contribution in [0.15, 0.2) is 0 Å². The highest BCUT2D eigenvalue weighted by atomic mass is 31.2. The lowest BCUT2D eigenvalue weighted by molar-refractivity contribution is -0.161. The maximum atomic E-state index is 13.0. The number of aliphatic hydroxyl groups excluding tert-OH is 1. The summed E-state index contributed by atoms with van der Waals surface area (Å²) in [6.45, 7) is 7.15. The van der Waals surface area contributed by atoms with Gasteiger partial charge < -0.3 is 33.8 Å². The smallest absolute Gasteiger partial charge is 0.462 e. The van der Waals surface area contributed by atoms with E-state index in [1.807, 2.05) is 0 Å². The van der Waals surface area contributed by atoms with E-state index in [-0.39, 0.29) is 25.7 Å². The van der Waals surface area contributed by atoms with Crippen LogP contribution >= 0.6 is 15.6 Å². The Morgan fingerprint density at radius 1 is 0.303 bits per heavy atom. The maximum absolute atomic E-state index is 13.0. The monoisotopic (exact) mass is 1310 g/mol. The van der Waals surface area contributed by atoms with E-state index >= 15 is 0 Å². The van der Waals surface area contributed by atoms with Gasteiger partial charge in [-0.15, -0.1) is 0 Å². The van der Waals surface area contributed by atoms with Crippen molar-refractivity contribution in [2.45, 2.75) is 380 Å². The maximum Gasteiger partial charge on any atom is 0.472 e. The molecule has 5 atom stereocenters. The number of aliphatic hydroxyl groups is 1. The molecular weight excluding hydrogens is 1170 g/mol. The zero-order valence-corrected chi connectivity index (χ0v) is 59.4. The lowest BCUT2D eigenvalue weighted by Gasteiger charge is -2.21. The molecule has 0 fully saturated rings. The van der Waals surface area contributed by atoms with Crippen LogP contribution in [0.3, 0.4) is 0 Å². The highest BCUT2D eigenvalue weighted by Crippen LogP contribution is 2.45. The first-order valence-electron chi connectivity index (χ1n) is 36.6. The molecule has 0 radical (unpaired) electrons. The summed E-state index contributed by atoms with van der Waals surface area (Å²) in [5.74, 6) is -1.44. The SMILES string of the molecule is CCCCCCCCCCCCCCCCCCCCC(=O)O[C@H](COC(=O)CCCCCCCCCCCCCC)COP(=O)(O)OC[C@@H](O)COP(=O)(O)OC[C@@H](COC(=O)CCCCCCCCC(C)C)OC(=O)CCCCCCCCCCCC. The van der Waals surface area contributed by atoms with Crippen molar-refractivity contribution < 1.29 is 80.2 Å². The predicted molar refractivity (Wildman–Crippen MR) is 358 cm³/mol. The van der Waals surface area contributed by atoms with Gasteiger partial charge >= 0.3 is 39.5 Å². The zero-order valence-electron chi connectivity index (χ0n) is 57.6. The zero-order chi connectivity index (χ0) is 65.6. The highest BCUT2D eigenvalue weighted by Gasteiger charge is 2.30. The molecule has 0 aromatic rings. The summed E-state index contributed by atoms with van der Waals surface area (Å²) in [7, 11) is -9.89. The highest BCUT2D eigenvalue weighted by molar-refractivity contribution is 7.47. The quantitative estimate of drug-likeness (QED) is 0.0222. The molecule has 0 aliphatic rings. The van der Waals surface area contributed by atoms with Crippen molar-refractivity contribution in [2.24, 2.45) is 5.92 Å². The third-order valence-electron chi connectivity index (χ3n) is 16.3. The molecule has 0 bridgehead atoms. The van der Waals surface area contributed by atoms with Crippen molar-refractivity contribution in [1.82, 2.24) is 0 Å². The van der Waals surface area contributed by atoms with Crippen LogP contribution < -0.4 is 0 Å². The van der Waals surface area contributed by atoms with Crippen molar-refractivity contribution >= 4 is 39.5 Å². The van der Waals surface area contributed by atoms with Gasteiger partial charge in [0.25, 0.3) is 0 Å². The Hall–Kier alpha value is -1.94. The Labute approximate surface area is 543 Å². The number of hydrogen-bond acceptors (Lipinski definition) is 15. The number of carbonyl (C=O) groups excluding carboxylic acids is 4. The second-order valence-electron chi connectivity index (χ2n) is 25.7. The minimum Gasteiger partial charge on any atom is -0.462 e. The Balaban J connectivity index is 5.20.